The third kappa shape index (κ3) is 3.77. The zero-order valence-electron chi connectivity index (χ0n) is 15.1. The van der Waals surface area contributed by atoms with Gasteiger partial charge in [-0.15, -0.1) is 0 Å². The fourth-order valence-electron chi connectivity index (χ4n) is 3.13. The van der Waals surface area contributed by atoms with Crippen molar-refractivity contribution < 1.29 is 27.8 Å². The highest BCUT2D eigenvalue weighted by atomic mass is 32.2. The molecular weight excluding hydrogens is 370 g/mol. The van der Waals surface area contributed by atoms with Crippen LogP contribution in [0.15, 0.2) is 41.3 Å². The number of carbonyl (C=O) groups is 1. The van der Waals surface area contributed by atoms with Crippen molar-refractivity contribution in [3.8, 4) is 22.6 Å². The third-order valence-corrected chi connectivity index (χ3v) is 6.45. The molecule has 3 rings (SSSR count). The van der Waals surface area contributed by atoms with Crippen molar-refractivity contribution in [2.75, 3.05) is 27.3 Å². The maximum Gasteiger partial charge on any atom is 0.335 e. The molecular formula is C19H21NO6S. The molecule has 1 fully saturated rings. The van der Waals surface area contributed by atoms with Gasteiger partial charge < -0.3 is 14.6 Å². The van der Waals surface area contributed by atoms with Crippen molar-refractivity contribution in [2.45, 2.75) is 17.7 Å². The van der Waals surface area contributed by atoms with Gasteiger partial charge >= 0.3 is 5.97 Å². The van der Waals surface area contributed by atoms with E-state index in [9.17, 15) is 18.3 Å². The zero-order chi connectivity index (χ0) is 19.6. The number of aromatic carboxylic acids is 1. The molecule has 0 saturated carbocycles. The number of nitrogens with zero attached hydrogens (tertiary/aromatic N) is 1. The Morgan fingerprint density at radius 3 is 2.22 bits per heavy atom. The van der Waals surface area contributed by atoms with Gasteiger partial charge in [-0.05, 0) is 54.3 Å². The van der Waals surface area contributed by atoms with Gasteiger partial charge in [0.1, 0.15) is 0 Å². The first-order valence-electron chi connectivity index (χ1n) is 8.48. The molecule has 0 aliphatic carbocycles. The lowest BCUT2D eigenvalue weighted by Crippen LogP contribution is -2.28. The Kier molecular flexibility index (Phi) is 5.38. The summed E-state index contributed by atoms with van der Waals surface area (Å²) in [6.07, 6.45) is 1.61. The van der Waals surface area contributed by atoms with Crippen LogP contribution in [0.1, 0.15) is 23.2 Å². The lowest BCUT2D eigenvalue weighted by Gasteiger charge is -2.17. The first-order valence-corrected chi connectivity index (χ1v) is 9.92. The Morgan fingerprint density at radius 1 is 0.963 bits per heavy atom. The van der Waals surface area contributed by atoms with Gasteiger partial charge in [0.25, 0.3) is 0 Å². The molecule has 2 aromatic rings. The molecule has 1 aliphatic rings. The highest BCUT2D eigenvalue weighted by Gasteiger charge is 2.28. The van der Waals surface area contributed by atoms with Crippen molar-refractivity contribution in [1.82, 2.24) is 4.31 Å². The van der Waals surface area contributed by atoms with Crippen LogP contribution in [0.3, 0.4) is 0 Å². The van der Waals surface area contributed by atoms with E-state index >= 15 is 0 Å². The van der Waals surface area contributed by atoms with Crippen LogP contribution in [0.4, 0.5) is 0 Å². The van der Waals surface area contributed by atoms with Gasteiger partial charge in [-0.2, -0.15) is 4.31 Å². The maximum atomic E-state index is 12.9. The lowest BCUT2D eigenvalue weighted by atomic mass is 10.0. The second-order valence-corrected chi connectivity index (χ2v) is 8.17. The van der Waals surface area contributed by atoms with Crippen LogP contribution in [-0.2, 0) is 10.0 Å². The monoisotopic (exact) mass is 391 g/mol. The van der Waals surface area contributed by atoms with E-state index in [0.29, 0.717) is 35.7 Å². The van der Waals surface area contributed by atoms with Crippen LogP contribution in [0.5, 0.6) is 11.5 Å². The number of carboxylic acids is 1. The largest absolute Gasteiger partial charge is 0.493 e. The molecule has 0 amide bonds. The summed E-state index contributed by atoms with van der Waals surface area (Å²) in [6, 6.07) is 9.27. The minimum Gasteiger partial charge on any atom is -0.493 e. The van der Waals surface area contributed by atoms with Gasteiger partial charge in [-0.1, -0.05) is 6.07 Å². The average Bonchev–Trinajstić information content (AvgIpc) is 3.22. The minimum atomic E-state index is -3.74. The summed E-state index contributed by atoms with van der Waals surface area (Å²) in [5.74, 6) is -0.185. The molecule has 0 spiro atoms. The van der Waals surface area contributed by atoms with Gasteiger partial charge in [-0.3, -0.25) is 0 Å². The zero-order valence-corrected chi connectivity index (χ0v) is 16.0. The predicted octanol–water partition coefficient (Wildman–Crippen LogP) is 2.85. The van der Waals surface area contributed by atoms with Gasteiger partial charge in [0.15, 0.2) is 11.5 Å². The molecule has 0 atom stereocenters. The predicted molar refractivity (Wildman–Crippen MR) is 99.9 cm³/mol. The SMILES string of the molecule is COc1ccc(-c2cc(C(=O)O)cc(S(=O)(=O)N3CCCC3)c2)cc1OC. The molecule has 7 nitrogen and oxygen atoms in total. The number of methoxy groups -OCH3 is 2. The van der Waals surface area contributed by atoms with Crippen LogP contribution in [0.2, 0.25) is 0 Å². The van der Waals surface area contributed by atoms with E-state index in [1.54, 1.807) is 18.2 Å². The summed E-state index contributed by atoms with van der Waals surface area (Å²) in [7, 11) is -0.724. The molecule has 0 bridgehead atoms. The average molecular weight is 391 g/mol. The number of ether oxygens (including phenoxy) is 2. The normalized spacial score (nSPS) is 14.9. The molecule has 1 heterocycles. The molecule has 0 unspecified atom stereocenters. The van der Waals surface area contributed by atoms with Gasteiger partial charge in [0.2, 0.25) is 10.0 Å². The van der Waals surface area contributed by atoms with E-state index in [1.165, 1.54) is 36.7 Å². The first kappa shape index (κ1) is 19.2. The number of hydrogen-bond acceptors (Lipinski definition) is 5. The number of rotatable bonds is 6. The molecule has 1 saturated heterocycles. The number of sulfonamides is 1. The Labute approximate surface area is 158 Å². The number of hydrogen-bond donors (Lipinski definition) is 1. The summed E-state index contributed by atoms with van der Waals surface area (Å²) < 4.78 is 37.7. The number of carboxylic acid groups (broad SMARTS) is 1. The van der Waals surface area contributed by atoms with E-state index in [4.69, 9.17) is 9.47 Å². The summed E-state index contributed by atoms with van der Waals surface area (Å²) in [6.45, 7) is 0.899. The second kappa shape index (κ2) is 7.58. The summed E-state index contributed by atoms with van der Waals surface area (Å²) >= 11 is 0. The van der Waals surface area contributed by atoms with Crippen LogP contribution >= 0.6 is 0 Å². The molecule has 144 valence electrons. The van der Waals surface area contributed by atoms with Crippen molar-refractivity contribution in [2.24, 2.45) is 0 Å². The highest BCUT2D eigenvalue weighted by molar-refractivity contribution is 7.89. The Morgan fingerprint density at radius 2 is 1.63 bits per heavy atom. The van der Waals surface area contributed by atoms with Crippen molar-refractivity contribution in [3.63, 3.8) is 0 Å². The van der Waals surface area contributed by atoms with E-state index in [2.05, 4.69) is 0 Å². The third-order valence-electron chi connectivity index (χ3n) is 4.57. The topological polar surface area (TPSA) is 93.1 Å². The molecule has 1 N–H and O–H groups in total. The van der Waals surface area contributed by atoms with Crippen molar-refractivity contribution in [3.05, 3.63) is 42.0 Å². The summed E-state index contributed by atoms with van der Waals surface area (Å²) in [5.41, 5.74) is 1.03. The van der Waals surface area contributed by atoms with Gasteiger partial charge in [0, 0.05) is 13.1 Å². The quantitative estimate of drug-likeness (QED) is 0.814. The highest BCUT2D eigenvalue weighted by Crippen LogP contribution is 2.34. The van der Waals surface area contributed by atoms with Gasteiger partial charge in [-0.25, -0.2) is 13.2 Å². The smallest absolute Gasteiger partial charge is 0.335 e. The van der Waals surface area contributed by atoms with E-state index < -0.39 is 16.0 Å². The molecule has 8 heteroatoms. The fourth-order valence-corrected chi connectivity index (χ4v) is 4.72. The van der Waals surface area contributed by atoms with Crippen LogP contribution in [0.25, 0.3) is 11.1 Å². The van der Waals surface area contributed by atoms with Crippen LogP contribution < -0.4 is 9.47 Å². The van der Waals surface area contributed by atoms with Crippen LogP contribution in [0, 0.1) is 0 Å². The Hall–Kier alpha value is -2.58. The lowest BCUT2D eigenvalue weighted by molar-refractivity contribution is 0.0696. The Balaban J connectivity index is 2.14. The maximum absolute atomic E-state index is 12.9. The van der Waals surface area contributed by atoms with E-state index in [0.717, 1.165) is 12.8 Å². The van der Waals surface area contributed by atoms with E-state index in [-0.39, 0.29) is 10.5 Å². The molecule has 1 aliphatic heterocycles. The van der Waals surface area contributed by atoms with Crippen LogP contribution in [-0.4, -0.2) is 51.1 Å². The number of benzene rings is 2. The second-order valence-electron chi connectivity index (χ2n) is 6.23. The molecule has 0 aromatic heterocycles. The molecule has 2 aromatic carbocycles. The molecule has 0 radical (unpaired) electrons. The van der Waals surface area contributed by atoms with Crippen molar-refractivity contribution in [1.29, 1.82) is 0 Å². The first-order chi connectivity index (χ1) is 12.9. The van der Waals surface area contributed by atoms with Crippen molar-refractivity contribution >= 4 is 16.0 Å². The fraction of sp³-hybridized carbons (Fsp3) is 0.316. The minimum absolute atomic E-state index is 0.0194. The molecule has 27 heavy (non-hydrogen) atoms. The summed E-state index contributed by atoms with van der Waals surface area (Å²) in [4.78, 5) is 11.5. The standard InChI is InChI=1S/C19H21NO6S/c1-25-17-6-5-13(12-18(17)26-2)14-9-15(19(21)22)11-16(10-14)27(23,24)20-7-3-4-8-20/h5-6,9-12H,3-4,7-8H2,1-2H3,(H,21,22). The van der Waals surface area contributed by atoms with Gasteiger partial charge in [0.05, 0.1) is 24.7 Å². The van der Waals surface area contributed by atoms with E-state index in [1.807, 2.05) is 0 Å². The summed E-state index contributed by atoms with van der Waals surface area (Å²) in [5, 5.41) is 9.44. The Bertz CT molecular complexity index is 964.